The van der Waals surface area contributed by atoms with Crippen LogP contribution in [0.15, 0.2) is 133 Å². The summed E-state index contributed by atoms with van der Waals surface area (Å²) in [4.78, 5) is 16.2. The Morgan fingerprint density at radius 2 is 0.889 bits per heavy atom. The van der Waals surface area contributed by atoms with Gasteiger partial charge in [-0.1, -0.05) is 200 Å². The number of nitrogens with zero attached hydrogens (tertiary/aromatic N) is 2. The number of thiophene rings is 2. The van der Waals surface area contributed by atoms with Crippen molar-refractivity contribution in [3.05, 3.63) is 155 Å². The molecule has 3 aromatic heterocycles. The van der Waals surface area contributed by atoms with E-state index in [1.807, 2.05) is 22.7 Å². The molecule has 320 valence electrons. The lowest BCUT2D eigenvalue weighted by Gasteiger charge is -2.33. The molecule has 8 aromatic rings. The summed E-state index contributed by atoms with van der Waals surface area (Å²) in [7, 11) is 0. The van der Waals surface area contributed by atoms with Crippen molar-refractivity contribution in [3.8, 4) is 65.0 Å². The lowest BCUT2D eigenvalue weighted by molar-refractivity contribution is 0.398. The molecule has 9 rings (SSSR count). The van der Waals surface area contributed by atoms with Crippen LogP contribution in [0.5, 0.6) is 0 Å². The molecule has 0 saturated heterocycles. The van der Waals surface area contributed by atoms with Gasteiger partial charge < -0.3 is 0 Å². The smallest absolute Gasteiger partial charge is 0.0988 e. The van der Waals surface area contributed by atoms with E-state index in [2.05, 4.69) is 161 Å². The minimum absolute atomic E-state index is 0.0500. The van der Waals surface area contributed by atoms with E-state index in [0.717, 1.165) is 44.7 Å². The van der Waals surface area contributed by atoms with Crippen molar-refractivity contribution in [2.75, 3.05) is 0 Å². The Balaban J connectivity index is 1.14. The van der Waals surface area contributed by atoms with E-state index in [1.165, 1.54) is 132 Å². The van der Waals surface area contributed by atoms with E-state index in [-0.39, 0.29) is 5.41 Å². The third kappa shape index (κ3) is 9.00. The second-order valence-electron chi connectivity index (χ2n) is 18.0. The quantitative estimate of drug-likeness (QED) is 0.0757. The number of unbranched alkanes of at least 4 members (excludes halogenated alkanes) is 10. The number of hydrogen-bond acceptors (Lipinski definition) is 4. The van der Waals surface area contributed by atoms with Gasteiger partial charge in [-0.05, 0) is 84.8 Å². The Morgan fingerprint density at radius 1 is 0.413 bits per heavy atom. The van der Waals surface area contributed by atoms with Crippen LogP contribution in [0.1, 0.15) is 125 Å². The Bertz CT molecular complexity index is 2780. The molecular formula is C59H62N2S2. The van der Waals surface area contributed by atoms with Gasteiger partial charge in [-0.3, -0.25) is 0 Å². The average molecular weight is 863 g/mol. The van der Waals surface area contributed by atoms with Crippen LogP contribution in [0.4, 0.5) is 0 Å². The highest BCUT2D eigenvalue weighted by Crippen LogP contribution is 2.56. The summed E-state index contributed by atoms with van der Waals surface area (Å²) in [6, 6.07) is 49.6. The van der Waals surface area contributed by atoms with Crippen LogP contribution in [0, 0.1) is 13.8 Å². The Kier molecular flexibility index (Phi) is 13.5. The van der Waals surface area contributed by atoms with E-state index < -0.39 is 0 Å². The predicted octanol–water partition coefficient (Wildman–Crippen LogP) is 18.5. The fourth-order valence-corrected chi connectivity index (χ4v) is 12.1. The Labute approximate surface area is 384 Å². The highest BCUT2D eigenvalue weighted by atomic mass is 32.1. The molecule has 1 aliphatic rings. The van der Waals surface area contributed by atoms with Gasteiger partial charge in [0.05, 0.1) is 22.4 Å². The Hall–Kier alpha value is -5.16. The molecule has 1 aliphatic carbocycles. The molecule has 63 heavy (non-hydrogen) atoms. The molecule has 0 bridgehead atoms. The first kappa shape index (κ1) is 43.1. The highest BCUT2D eigenvalue weighted by Gasteiger charge is 2.42. The fourth-order valence-electron chi connectivity index (χ4n) is 10.2. The van der Waals surface area contributed by atoms with Gasteiger partial charge in [0.2, 0.25) is 0 Å². The molecule has 3 heterocycles. The van der Waals surface area contributed by atoms with Crippen molar-refractivity contribution in [3.63, 3.8) is 0 Å². The third-order valence-corrected chi connectivity index (χ3v) is 15.7. The van der Waals surface area contributed by atoms with Crippen LogP contribution < -0.4 is 0 Å². The van der Waals surface area contributed by atoms with Crippen molar-refractivity contribution >= 4 is 33.7 Å². The molecule has 0 saturated carbocycles. The minimum Gasteiger partial charge on any atom is -0.243 e. The van der Waals surface area contributed by atoms with Gasteiger partial charge in [-0.25, -0.2) is 9.97 Å². The van der Waals surface area contributed by atoms with Crippen molar-refractivity contribution in [2.45, 2.75) is 123 Å². The minimum atomic E-state index is 0.0500. The zero-order chi connectivity index (χ0) is 43.2. The maximum absolute atomic E-state index is 5.62. The molecule has 2 nitrogen and oxygen atoms in total. The summed E-state index contributed by atoms with van der Waals surface area (Å²) in [6.45, 7) is 9.11. The van der Waals surface area contributed by atoms with Crippen LogP contribution in [0.3, 0.4) is 0 Å². The lowest BCUT2D eigenvalue weighted by atomic mass is 9.70. The van der Waals surface area contributed by atoms with Gasteiger partial charge in [0.25, 0.3) is 0 Å². The molecule has 0 atom stereocenters. The van der Waals surface area contributed by atoms with E-state index in [0.29, 0.717) is 0 Å². The molecule has 0 N–H and O–H groups in total. The van der Waals surface area contributed by atoms with Crippen molar-refractivity contribution in [1.82, 2.24) is 9.97 Å². The van der Waals surface area contributed by atoms with Crippen molar-refractivity contribution in [2.24, 2.45) is 0 Å². The summed E-state index contributed by atoms with van der Waals surface area (Å²) in [5.41, 5.74) is 16.9. The van der Waals surface area contributed by atoms with Crippen molar-refractivity contribution < 1.29 is 0 Å². The molecule has 0 radical (unpaired) electrons. The van der Waals surface area contributed by atoms with Gasteiger partial charge in [0, 0.05) is 47.2 Å². The van der Waals surface area contributed by atoms with Crippen LogP contribution in [0.25, 0.3) is 76.0 Å². The van der Waals surface area contributed by atoms with Crippen LogP contribution in [0.2, 0.25) is 0 Å². The Morgan fingerprint density at radius 3 is 1.44 bits per heavy atom. The molecule has 0 amide bonds. The zero-order valence-corrected chi connectivity index (χ0v) is 39.4. The first-order valence-electron chi connectivity index (χ1n) is 23.9. The molecule has 0 fully saturated rings. The van der Waals surface area contributed by atoms with Gasteiger partial charge in [0.15, 0.2) is 0 Å². The van der Waals surface area contributed by atoms with E-state index in [1.54, 1.807) is 11.1 Å². The van der Waals surface area contributed by atoms with Crippen LogP contribution in [-0.4, -0.2) is 9.97 Å². The maximum Gasteiger partial charge on any atom is 0.0988 e. The molecule has 5 aromatic carbocycles. The lowest BCUT2D eigenvalue weighted by Crippen LogP contribution is -2.25. The zero-order valence-electron chi connectivity index (χ0n) is 37.8. The largest absolute Gasteiger partial charge is 0.243 e. The standard InChI is InChI=1S/C59H62N2S2/c1-5-7-9-11-13-21-37-59(38-22-14-12-10-8-6-2)50-39-41(3)27-30-46(50)47-31-29-45(40-51(47)59)52-35-36-54(63-52)49-33-32-48(53-34-28-42(4)62-53)57-58(49)61-56(44-25-19-16-20-26-44)55(60-57)43-23-17-15-18-24-43/h15-20,23-36,39-40H,5-14,21-22,37-38H2,1-4H3. The summed E-state index contributed by atoms with van der Waals surface area (Å²) in [6.07, 6.45) is 18.4. The predicted molar refractivity (Wildman–Crippen MR) is 274 cm³/mol. The number of aryl methyl sites for hydroxylation is 2. The van der Waals surface area contributed by atoms with Crippen molar-refractivity contribution in [1.29, 1.82) is 0 Å². The first-order valence-corrected chi connectivity index (χ1v) is 25.5. The van der Waals surface area contributed by atoms with Crippen LogP contribution >= 0.6 is 22.7 Å². The van der Waals surface area contributed by atoms with Gasteiger partial charge in [0.1, 0.15) is 0 Å². The fraction of sp³-hybridized carbons (Fsp3) is 0.322. The third-order valence-electron chi connectivity index (χ3n) is 13.5. The second-order valence-corrected chi connectivity index (χ2v) is 20.4. The topological polar surface area (TPSA) is 25.8 Å². The molecule has 0 unspecified atom stereocenters. The molecule has 0 spiro atoms. The highest BCUT2D eigenvalue weighted by molar-refractivity contribution is 7.19. The number of benzene rings is 5. The van der Waals surface area contributed by atoms with Gasteiger partial charge >= 0.3 is 0 Å². The van der Waals surface area contributed by atoms with Crippen LogP contribution in [-0.2, 0) is 5.41 Å². The number of fused-ring (bicyclic) bond motifs is 4. The summed E-state index contributed by atoms with van der Waals surface area (Å²) in [5, 5.41) is 0. The number of hydrogen-bond donors (Lipinski definition) is 0. The summed E-state index contributed by atoms with van der Waals surface area (Å²) in [5.74, 6) is 0. The molecule has 0 aliphatic heterocycles. The summed E-state index contributed by atoms with van der Waals surface area (Å²) < 4.78 is 0. The molecular weight excluding hydrogens is 801 g/mol. The molecule has 4 heteroatoms. The SMILES string of the molecule is CCCCCCCCC1(CCCCCCCC)c2cc(C)ccc2-c2ccc(-c3ccc(-c4ccc(-c5ccc(C)s5)c5nc(-c6ccccc6)c(-c6ccccc6)nc45)s3)cc21. The monoisotopic (exact) mass is 862 g/mol. The number of aromatic nitrogens is 2. The second kappa shape index (κ2) is 19.7. The maximum atomic E-state index is 5.62. The van der Waals surface area contributed by atoms with Gasteiger partial charge in [-0.15, -0.1) is 22.7 Å². The van der Waals surface area contributed by atoms with E-state index >= 15 is 0 Å². The summed E-state index contributed by atoms with van der Waals surface area (Å²) >= 11 is 3.71. The number of rotatable bonds is 19. The van der Waals surface area contributed by atoms with E-state index in [9.17, 15) is 0 Å². The van der Waals surface area contributed by atoms with Gasteiger partial charge in [-0.2, -0.15) is 0 Å². The normalized spacial score (nSPS) is 12.8. The first-order chi connectivity index (χ1) is 31.0. The van der Waals surface area contributed by atoms with E-state index in [4.69, 9.17) is 9.97 Å². The average Bonchev–Trinajstić information content (AvgIpc) is 4.05.